The maximum atomic E-state index is 9.89. The molecule has 0 amide bonds. The first-order chi connectivity index (χ1) is 11.3. The summed E-state index contributed by atoms with van der Waals surface area (Å²) >= 11 is 0. The van der Waals surface area contributed by atoms with Crippen molar-refractivity contribution in [1.82, 2.24) is 0 Å². The highest BCUT2D eigenvalue weighted by Gasteiger charge is 2.46. The van der Waals surface area contributed by atoms with Crippen molar-refractivity contribution in [2.45, 2.75) is 61.4 Å². The monoisotopic (exact) mass is 356 g/mol. The summed E-state index contributed by atoms with van der Waals surface area (Å²) in [5.74, 6) is 0. The molecule has 4 unspecified atom stereocenters. The quantitative estimate of drug-likeness (QED) is 0.251. The Labute approximate surface area is 137 Å². The van der Waals surface area contributed by atoms with E-state index >= 15 is 0 Å². The van der Waals surface area contributed by atoms with Gasteiger partial charge in [-0.25, -0.2) is 0 Å². The molecule has 0 bridgehead atoms. The first-order valence-corrected chi connectivity index (χ1v) is 7.45. The third-order valence-electron chi connectivity index (χ3n) is 4.11. The van der Waals surface area contributed by atoms with E-state index in [9.17, 15) is 35.7 Å². The van der Waals surface area contributed by atoms with Gasteiger partial charge in [0.25, 0.3) is 0 Å². The molecule has 24 heavy (non-hydrogen) atoms. The number of methoxy groups -OCH3 is 1. The van der Waals surface area contributed by atoms with Crippen molar-refractivity contribution in [3.8, 4) is 0 Å². The van der Waals surface area contributed by atoms with Crippen LogP contribution in [0.2, 0.25) is 0 Å². The Morgan fingerprint density at radius 2 is 1.21 bits per heavy atom. The molecule has 2 aliphatic rings. The molecule has 0 aromatic rings. The minimum absolute atomic E-state index is 0.0586. The second-order valence-corrected chi connectivity index (χ2v) is 5.84. The van der Waals surface area contributed by atoms with Crippen molar-refractivity contribution in [3.63, 3.8) is 0 Å². The van der Waals surface area contributed by atoms with E-state index < -0.39 is 68.0 Å². The van der Waals surface area contributed by atoms with Gasteiger partial charge in [0.05, 0.1) is 13.2 Å². The number of aliphatic hydroxyl groups excluding tert-OH is 7. The van der Waals surface area contributed by atoms with E-state index in [4.69, 9.17) is 18.9 Å². The van der Waals surface area contributed by atoms with Gasteiger partial charge in [0.1, 0.15) is 48.8 Å². The minimum atomic E-state index is -1.72. The molecular formula is C13H24O11. The zero-order chi connectivity index (χ0) is 18.0. The number of hydrogen-bond donors (Lipinski definition) is 7. The maximum Gasteiger partial charge on any atom is 0.186 e. The molecule has 7 N–H and O–H groups in total. The van der Waals surface area contributed by atoms with Gasteiger partial charge in [-0.1, -0.05) is 0 Å². The second-order valence-electron chi connectivity index (χ2n) is 5.84. The zero-order valence-corrected chi connectivity index (χ0v) is 13.0. The lowest BCUT2D eigenvalue weighted by molar-refractivity contribution is -0.326. The van der Waals surface area contributed by atoms with Gasteiger partial charge in [-0.15, -0.1) is 0 Å². The van der Waals surface area contributed by atoms with Crippen LogP contribution in [-0.2, 0) is 18.9 Å². The first-order valence-electron chi connectivity index (χ1n) is 7.45. The van der Waals surface area contributed by atoms with Gasteiger partial charge in [-0.3, -0.25) is 0 Å². The molecule has 0 aromatic carbocycles. The van der Waals surface area contributed by atoms with Crippen LogP contribution in [0.3, 0.4) is 0 Å². The van der Waals surface area contributed by atoms with Crippen molar-refractivity contribution in [3.05, 3.63) is 0 Å². The van der Waals surface area contributed by atoms with E-state index in [0.29, 0.717) is 0 Å². The van der Waals surface area contributed by atoms with Crippen LogP contribution in [0, 0.1) is 0 Å². The average molecular weight is 356 g/mol. The van der Waals surface area contributed by atoms with Gasteiger partial charge in [0.15, 0.2) is 12.6 Å². The summed E-state index contributed by atoms with van der Waals surface area (Å²) in [6, 6.07) is 0. The Morgan fingerprint density at radius 3 is 1.79 bits per heavy atom. The standard InChI is InChI=1S/C13H24O11/c1-21-2-4-6(14)9(17)11(19)13(24-4)22-3-5-7(15)8(16)10(18)12(20)23-5/h4-20H,2-3H2,1H3/t4?,5?,6-,7-,8?,9?,10+,11+,12+,13+/m1/s1. The lowest BCUT2D eigenvalue weighted by Gasteiger charge is -2.42. The fourth-order valence-corrected chi connectivity index (χ4v) is 2.61. The zero-order valence-electron chi connectivity index (χ0n) is 13.0. The normalized spacial score (nSPS) is 50.0. The molecule has 11 heteroatoms. The maximum absolute atomic E-state index is 9.89. The smallest absolute Gasteiger partial charge is 0.186 e. The molecule has 11 nitrogen and oxygen atoms in total. The van der Waals surface area contributed by atoms with E-state index in [2.05, 4.69) is 0 Å². The Morgan fingerprint density at radius 1 is 0.667 bits per heavy atom. The van der Waals surface area contributed by atoms with Crippen LogP contribution in [0.5, 0.6) is 0 Å². The molecule has 2 heterocycles. The lowest BCUT2D eigenvalue weighted by atomic mass is 9.98. The van der Waals surface area contributed by atoms with Crippen molar-refractivity contribution in [2.75, 3.05) is 20.3 Å². The van der Waals surface area contributed by atoms with Gasteiger partial charge < -0.3 is 54.7 Å². The molecule has 142 valence electrons. The third-order valence-corrected chi connectivity index (χ3v) is 4.11. The van der Waals surface area contributed by atoms with Crippen LogP contribution < -0.4 is 0 Å². The Balaban J connectivity index is 1.94. The van der Waals surface area contributed by atoms with E-state index in [1.807, 2.05) is 0 Å². The van der Waals surface area contributed by atoms with E-state index in [1.54, 1.807) is 0 Å². The fourth-order valence-electron chi connectivity index (χ4n) is 2.61. The highest BCUT2D eigenvalue weighted by atomic mass is 16.7. The highest BCUT2D eigenvalue weighted by molar-refractivity contribution is 4.91. The molecule has 0 saturated carbocycles. The Kier molecular flexibility index (Phi) is 6.87. The highest BCUT2D eigenvalue weighted by Crippen LogP contribution is 2.25. The molecule has 2 aliphatic heterocycles. The Bertz CT molecular complexity index is 396. The van der Waals surface area contributed by atoms with E-state index in [1.165, 1.54) is 7.11 Å². The summed E-state index contributed by atoms with van der Waals surface area (Å²) < 4.78 is 20.3. The van der Waals surface area contributed by atoms with Crippen LogP contribution in [0.25, 0.3) is 0 Å². The van der Waals surface area contributed by atoms with Gasteiger partial charge in [-0.05, 0) is 0 Å². The summed E-state index contributed by atoms with van der Waals surface area (Å²) in [6.45, 7) is -0.483. The van der Waals surface area contributed by atoms with E-state index in [0.717, 1.165) is 0 Å². The van der Waals surface area contributed by atoms with Crippen LogP contribution in [-0.4, -0.2) is 117 Å². The van der Waals surface area contributed by atoms with Crippen molar-refractivity contribution in [1.29, 1.82) is 0 Å². The van der Waals surface area contributed by atoms with Gasteiger partial charge in [-0.2, -0.15) is 0 Å². The van der Waals surface area contributed by atoms with Crippen LogP contribution in [0.15, 0.2) is 0 Å². The molecule has 0 spiro atoms. The largest absolute Gasteiger partial charge is 0.387 e. The number of rotatable bonds is 5. The molecular weight excluding hydrogens is 332 g/mol. The number of hydrogen-bond acceptors (Lipinski definition) is 11. The molecule has 0 aliphatic carbocycles. The summed E-state index contributed by atoms with van der Waals surface area (Å²) in [4.78, 5) is 0. The molecule has 0 radical (unpaired) electrons. The molecule has 2 fully saturated rings. The van der Waals surface area contributed by atoms with Crippen molar-refractivity contribution >= 4 is 0 Å². The number of ether oxygens (including phenoxy) is 4. The lowest BCUT2D eigenvalue weighted by Crippen LogP contribution is -2.61. The van der Waals surface area contributed by atoms with Gasteiger partial charge in [0.2, 0.25) is 0 Å². The van der Waals surface area contributed by atoms with Crippen molar-refractivity contribution < 1.29 is 54.7 Å². The predicted octanol–water partition coefficient (Wildman–Crippen LogP) is -4.74. The summed E-state index contributed by atoms with van der Waals surface area (Å²) in [6.07, 6.45) is -14.6. The molecule has 2 rings (SSSR count). The topological polar surface area (TPSA) is 179 Å². The third kappa shape index (κ3) is 4.03. The average Bonchev–Trinajstić information content (AvgIpc) is 2.56. The van der Waals surface area contributed by atoms with Crippen LogP contribution in [0.1, 0.15) is 0 Å². The fraction of sp³-hybridized carbons (Fsp3) is 1.00. The molecule has 10 atom stereocenters. The van der Waals surface area contributed by atoms with Crippen molar-refractivity contribution in [2.24, 2.45) is 0 Å². The molecule has 0 aromatic heterocycles. The van der Waals surface area contributed by atoms with Crippen LogP contribution >= 0.6 is 0 Å². The first kappa shape index (κ1) is 19.9. The summed E-state index contributed by atoms with van der Waals surface area (Å²) in [5, 5.41) is 67.7. The SMILES string of the molecule is COCC1O[C@H](OCC2O[C@H](O)[C@@H](O)C(O)[C@@H]2O)[C@@H](O)C(O)[C@@H]1O. The predicted molar refractivity (Wildman–Crippen MR) is 73.4 cm³/mol. The summed E-state index contributed by atoms with van der Waals surface area (Å²) in [7, 11) is 1.36. The molecule has 2 saturated heterocycles. The number of aliphatic hydroxyl groups is 7. The minimum Gasteiger partial charge on any atom is -0.387 e. The second kappa shape index (κ2) is 8.29. The van der Waals surface area contributed by atoms with Gasteiger partial charge >= 0.3 is 0 Å². The van der Waals surface area contributed by atoms with Gasteiger partial charge in [0, 0.05) is 7.11 Å². The van der Waals surface area contributed by atoms with Crippen LogP contribution in [0.4, 0.5) is 0 Å². The van der Waals surface area contributed by atoms with E-state index in [-0.39, 0.29) is 6.61 Å². The summed E-state index contributed by atoms with van der Waals surface area (Å²) in [5.41, 5.74) is 0. The Hall–Kier alpha value is -0.440.